The first-order chi connectivity index (χ1) is 12.0. The van der Waals surface area contributed by atoms with E-state index in [0.29, 0.717) is 25.3 Å². The lowest BCUT2D eigenvalue weighted by atomic mass is 10.1. The van der Waals surface area contributed by atoms with Gasteiger partial charge in [0.2, 0.25) is 0 Å². The predicted octanol–water partition coefficient (Wildman–Crippen LogP) is 1.29. The van der Waals surface area contributed by atoms with Gasteiger partial charge in [0.05, 0.1) is 18.8 Å². The van der Waals surface area contributed by atoms with Crippen molar-refractivity contribution in [2.45, 2.75) is 12.5 Å². The Morgan fingerprint density at radius 1 is 1.24 bits per heavy atom. The Balaban J connectivity index is 1.57. The van der Waals surface area contributed by atoms with E-state index in [4.69, 9.17) is 4.74 Å². The number of aliphatic hydroxyl groups is 1. The largest absolute Gasteiger partial charge is 0.387 e. The van der Waals surface area contributed by atoms with Gasteiger partial charge in [0.15, 0.2) is 0 Å². The molecule has 1 aliphatic heterocycles. The highest BCUT2D eigenvalue weighted by Gasteiger charge is 2.26. The average molecular weight is 343 g/mol. The summed E-state index contributed by atoms with van der Waals surface area (Å²) in [5.41, 5.74) is 0.525. The van der Waals surface area contributed by atoms with Crippen molar-refractivity contribution in [3.63, 3.8) is 0 Å². The fourth-order valence-electron chi connectivity index (χ4n) is 2.98. The summed E-state index contributed by atoms with van der Waals surface area (Å²) < 4.78 is 7.27. The van der Waals surface area contributed by atoms with Crippen molar-refractivity contribution >= 4 is 5.91 Å². The third-order valence-corrected chi connectivity index (χ3v) is 4.31. The highest BCUT2D eigenvalue weighted by Crippen LogP contribution is 2.12. The lowest BCUT2D eigenvalue weighted by Crippen LogP contribution is -2.51. The Morgan fingerprint density at radius 3 is 2.68 bits per heavy atom. The average Bonchev–Trinajstić information content (AvgIpc) is 3.15. The number of rotatable bonds is 6. The van der Waals surface area contributed by atoms with Crippen LogP contribution >= 0.6 is 0 Å². The van der Waals surface area contributed by atoms with E-state index in [2.05, 4.69) is 10.2 Å². The number of nitrogens with zero attached hydrogens (tertiary/aromatic N) is 2. The smallest absolute Gasteiger partial charge is 0.251 e. The molecule has 2 heterocycles. The molecule has 25 heavy (non-hydrogen) atoms. The van der Waals surface area contributed by atoms with Gasteiger partial charge in [-0.25, -0.2) is 0 Å². The maximum absolute atomic E-state index is 12.4. The van der Waals surface area contributed by atoms with E-state index >= 15 is 0 Å². The molecule has 1 aromatic carbocycles. The standard InChI is InChI=1S/C19H25N3O3/c1-19(24,15-21-9-11-25-12-10-21)14-20-18(23)16-5-4-6-17(13-16)22-7-2-3-8-22/h2-8,13,24H,9-12,14-15H2,1H3,(H,20,23). The van der Waals surface area contributed by atoms with Crippen molar-refractivity contribution in [2.24, 2.45) is 0 Å². The molecule has 1 amide bonds. The summed E-state index contributed by atoms with van der Waals surface area (Å²) in [4.78, 5) is 14.6. The number of amides is 1. The van der Waals surface area contributed by atoms with E-state index in [1.807, 2.05) is 47.3 Å². The zero-order valence-corrected chi connectivity index (χ0v) is 14.5. The summed E-state index contributed by atoms with van der Waals surface area (Å²) >= 11 is 0. The minimum atomic E-state index is -0.981. The van der Waals surface area contributed by atoms with Crippen LogP contribution in [0.5, 0.6) is 0 Å². The maximum atomic E-state index is 12.4. The number of carbonyl (C=O) groups is 1. The summed E-state index contributed by atoms with van der Waals surface area (Å²) in [5.74, 6) is -0.184. The normalized spacial score (nSPS) is 17.8. The Morgan fingerprint density at radius 2 is 1.96 bits per heavy atom. The molecule has 1 unspecified atom stereocenters. The first-order valence-corrected chi connectivity index (χ1v) is 8.58. The number of β-amino-alcohol motifs (C(OH)–C–C–N with tert-alkyl or cyclic N) is 1. The monoisotopic (exact) mass is 343 g/mol. The van der Waals surface area contributed by atoms with Crippen LogP contribution in [0.15, 0.2) is 48.8 Å². The van der Waals surface area contributed by atoms with Gasteiger partial charge >= 0.3 is 0 Å². The molecule has 134 valence electrons. The molecule has 2 N–H and O–H groups in total. The molecule has 2 aromatic rings. The molecule has 6 nitrogen and oxygen atoms in total. The fourth-order valence-corrected chi connectivity index (χ4v) is 2.98. The maximum Gasteiger partial charge on any atom is 0.251 e. The van der Waals surface area contributed by atoms with Gasteiger partial charge < -0.3 is 19.7 Å². The molecule has 0 aliphatic carbocycles. The molecule has 0 bridgehead atoms. The number of hydrogen-bond donors (Lipinski definition) is 2. The van der Waals surface area contributed by atoms with Gasteiger partial charge in [-0.1, -0.05) is 6.07 Å². The van der Waals surface area contributed by atoms with E-state index in [1.165, 1.54) is 0 Å². The van der Waals surface area contributed by atoms with Crippen LogP contribution in [0.4, 0.5) is 0 Å². The van der Waals surface area contributed by atoms with Crippen molar-refractivity contribution < 1.29 is 14.6 Å². The van der Waals surface area contributed by atoms with Crippen LogP contribution in [0.2, 0.25) is 0 Å². The highest BCUT2D eigenvalue weighted by molar-refractivity contribution is 5.94. The Hall–Kier alpha value is -2.15. The van der Waals surface area contributed by atoms with Gasteiger partial charge in [-0.3, -0.25) is 9.69 Å². The van der Waals surface area contributed by atoms with Gasteiger partial charge in [-0.2, -0.15) is 0 Å². The minimum Gasteiger partial charge on any atom is -0.387 e. The van der Waals surface area contributed by atoms with Gasteiger partial charge in [0.1, 0.15) is 0 Å². The highest BCUT2D eigenvalue weighted by atomic mass is 16.5. The Bertz CT molecular complexity index is 692. The molecule has 1 saturated heterocycles. The van der Waals surface area contributed by atoms with Crippen LogP contribution in [-0.4, -0.2) is 65.5 Å². The zero-order chi connectivity index (χ0) is 17.7. The number of nitrogens with one attached hydrogen (secondary N) is 1. The minimum absolute atomic E-state index is 0.184. The first kappa shape index (κ1) is 17.7. The number of morpholine rings is 1. The molecule has 1 atom stereocenters. The molecule has 6 heteroatoms. The van der Waals surface area contributed by atoms with Crippen molar-refractivity contribution in [3.8, 4) is 5.69 Å². The van der Waals surface area contributed by atoms with Crippen LogP contribution < -0.4 is 5.32 Å². The van der Waals surface area contributed by atoms with Crippen LogP contribution in [-0.2, 0) is 4.74 Å². The van der Waals surface area contributed by atoms with Crippen molar-refractivity contribution in [1.82, 2.24) is 14.8 Å². The SMILES string of the molecule is CC(O)(CNC(=O)c1cccc(-n2cccc2)c1)CN1CCOCC1. The topological polar surface area (TPSA) is 66.7 Å². The second kappa shape index (κ2) is 7.82. The van der Waals surface area contributed by atoms with Crippen molar-refractivity contribution in [3.05, 3.63) is 54.4 Å². The number of carbonyl (C=O) groups excluding carboxylic acids is 1. The van der Waals surface area contributed by atoms with Gasteiger partial charge in [-0.15, -0.1) is 0 Å². The van der Waals surface area contributed by atoms with E-state index in [0.717, 1.165) is 18.8 Å². The Kier molecular flexibility index (Phi) is 5.53. The van der Waals surface area contributed by atoms with Crippen molar-refractivity contribution in [1.29, 1.82) is 0 Å². The van der Waals surface area contributed by atoms with Gasteiger partial charge in [0.25, 0.3) is 5.91 Å². The number of ether oxygens (including phenoxy) is 1. The number of aromatic nitrogens is 1. The molecular formula is C19H25N3O3. The zero-order valence-electron chi connectivity index (χ0n) is 14.5. The molecule has 1 aromatic heterocycles. The summed E-state index contributed by atoms with van der Waals surface area (Å²) in [6.45, 7) is 5.46. The molecule has 1 fully saturated rings. The van der Waals surface area contributed by atoms with E-state index in [9.17, 15) is 9.90 Å². The van der Waals surface area contributed by atoms with Crippen LogP contribution in [0.25, 0.3) is 5.69 Å². The quantitative estimate of drug-likeness (QED) is 0.829. The van der Waals surface area contributed by atoms with E-state index in [1.54, 1.807) is 13.0 Å². The second-order valence-corrected chi connectivity index (χ2v) is 6.71. The summed E-state index contributed by atoms with van der Waals surface area (Å²) in [6.07, 6.45) is 3.87. The summed E-state index contributed by atoms with van der Waals surface area (Å²) in [6, 6.07) is 11.3. The van der Waals surface area contributed by atoms with Crippen LogP contribution in [0.1, 0.15) is 17.3 Å². The van der Waals surface area contributed by atoms with Crippen LogP contribution in [0, 0.1) is 0 Å². The van der Waals surface area contributed by atoms with Gasteiger partial charge in [0, 0.05) is 49.8 Å². The molecule has 0 radical (unpaired) electrons. The molecule has 1 aliphatic rings. The fraction of sp³-hybridized carbons (Fsp3) is 0.421. The number of benzene rings is 1. The molecular weight excluding hydrogens is 318 g/mol. The van der Waals surface area contributed by atoms with Gasteiger partial charge in [-0.05, 0) is 37.3 Å². The summed E-state index contributed by atoms with van der Waals surface area (Å²) in [5, 5.41) is 13.4. The molecule has 0 spiro atoms. The molecule has 3 rings (SSSR count). The van der Waals surface area contributed by atoms with Crippen LogP contribution in [0.3, 0.4) is 0 Å². The lowest BCUT2D eigenvalue weighted by molar-refractivity contribution is -0.0213. The van der Waals surface area contributed by atoms with E-state index in [-0.39, 0.29) is 12.5 Å². The molecule has 0 saturated carbocycles. The first-order valence-electron chi connectivity index (χ1n) is 8.58. The third kappa shape index (κ3) is 4.92. The predicted molar refractivity (Wildman–Crippen MR) is 96.0 cm³/mol. The van der Waals surface area contributed by atoms with E-state index < -0.39 is 5.60 Å². The lowest BCUT2D eigenvalue weighted by Gasteiger charge is -2.33. The summed E-state index contributed by atoms with van der Waals surface area (Å²) in [7, 11) is 0. The Labute approximate surface area is 148 Å². The third-order valence-electron chi connectivity index (χ3n) is 4.31. The van der Waals surface area contributed by atoms with Crippen molar-refractivity contribution in [2.75, 3.05) is 39.4 Å². The number of hydrogen-bond acceptors (Lipinski definition) is 4. The second-order valence-electron chi connectivity index (χ2n) is 6.71.